The summed E-state index contributed by atoms with van der Waals surface area (Å²) >= 11 is 0. The van der Waals surface area contributed by atoms with Crippen molar-refractivity contribution < 1.29 is 19.8 Å². The SMILES string of the molecule is O=C(c1ccccc1Cn1cncn1)N1CCC(CO)(C(=O)O)C1. The van der Waals surface area contributed by atoms with Gasteiger partial charge in [0.15, 0.2) is 0 Å². The molecule has 8 nitrogen and oxygen atoms in total. The number of amides is 1. The standard InChI is InChI=1S/C16H18N4O4/c21-9-16(15(23)24)5-6-19(8-16)14(22)13-4-2-1-3-12(13)7-20-11-17-10-18-20/h1-4,10-11,21H,5-9H2,(H,23,24). The van der Waals surface area contributed by atoms with Crippen LogP contribution in [0.4, 0.5) is 0 Å². The first-order valence-corrected chi connectivity index (χ1v) is 7.59. The van der Waals surface area contributed by atoms with Gasteiger partial charge in [0, 0.05) is 18.7 Å². The molecule has 0 aliphatic carbocycles. The Morgan fingerprint density at radius 1 is 1.29 bits per heavy atom. The lowest BCUT2D eigenvalue weighted by Crippen LogP contribution is -2.39. The minimum Gasteiger partial charge on any atom is -0.481 e. The number of carboxylic acids is 1. The minimum absolute atomic E-state index is 0.00925. The van der Waals surface area contributed by atoms with Crippen molar-refractivity contribution in [1.82, 2.24) is 19.7 Å². The van der Waals surface area contributed by atoms with E-state index >= 15 is 0 Å². The molecular formula is C16H18N4O4. The van der Waals surface area contributed by atoms with Crippen LogP contribution >= 0.6 is 0 Å². The lowest BCUT2D eigenvalue weighted by molar-refractivity contribution is -0.150. The number of carboxylic acid groups (broad SMARTS) is 1. The summed E-state index contributed by atoms with van der Waals surface area (Å²) in [7, 11) is 0. The molecule has 2 heterocycles. The van der Waals surface area contributed by atoms with E-state index in [2.05, 4.69) is 10.1 Å². The Morgan fingerprint density at radius 3 is 2.71 bits per heavy atom. The monoisotopic (exact) mass is 330 g/mol. The zero-order valence-electron chi connectivity index (χ0n) is 13.0. The lowest BCUT2D eigenvalue weighted by atomic mass is 9.88. The predicted molar refractivity (Wildman–Crippen MR) is 83.2 cm³/mol. The molecule has 0 radical (unpaired) electrons. The fraction of sp³-hybridized carbons (Fsp3) is 0.375. The maximum absolute atomic E-state index is 12.8. The molecule has 1 aromatic carbocycles. The van der Waals surface area contributed by atoms with Gasteiger partial charge in [-0.1, -0.05) is 18.2 Å². The van der Waals surface area contributed by atoms with Gasteiger partial charge in [0.2, 0.25) is 0 Å². The zero-order valence-corrected chi connectivity index (χ0v) is 13.0. The van der Waals surface area contributed by atoms with Crippen LogP contribution in [0.15, 0.2) is 36.9 Å². The number of aliphatic hydroxyl groups excluding tert-OH is 1. The number of hydrogen-bond donors (Lipinski definition) is 2. The number of likely N-dealkylation sites (tertiary alicyclic amines) is 1. The van der Waals surface area contributed by atoms with Crippen molar-refractivity contribution in [2.24, 2.45) is 5.41 Å². The van der Waals surface area contributed by atoms with E-state index < -0.39 is 18.0 Å². The van der Waals surface area contributed by atoms with Crippen molar-refractivity contribution in [3.63, 3.8) is 0 Å². The summed E-state index contributed by atoms with van der Waals surface area (Å²) in [4.78, 5) is 29.6. The fourth-order valence-corrected chi connectivity index (χ4v) is 2.94. The number of aromatic nitrogens is 3. The van der Waals surface area contributed by atoms with Gasteiger partial charge >= 0.3 is 5.97 Å². The molecule has 1 saturated heterocycles. The molecule has 24 heavy (non-hydrogen) atoms. The summed E-state index contributed by atoms with van der Waals surface area (Å²) < 4.78 is 1.62. The maximum Gasteiger partial charge on any atom is 0.313 e. The number of carbonyl (C=O) groups excluding carboxylic acids is 1. The molecule has 0 spiro atoms. The molecule has 1 aliphatic rings. The van der Waals surface area contributed by atoms with Crippen molar-refractivity contribution in [1.29, 1.82) is 0 Å². The molecular weight excluding hydrogens is 312 g/mol. The van der Waals surface area contributed by atoms with Crippen LogP contribution in [0.3, 0.4) is 0 Å². The molecule has 3 rings (SSSR count). The van der Waals surface area contributed by atoms with Crippen LogP contribution in [0.25, 0.3) is 0 Å². The highest BCUT2D eigenvalue weighted by molar-refractivity contribution is 5.96. The van der Waals surface area contributed by atoms with E-state index in [0.29, 0.717) is 18.7 Å². The van der Waals surface area contributed by atoms with E-state index in [-0.39, 0.29) is 18.9 Å². The Kier molecular flexibility index (Phi) is 4.30. The first-order valence-electron chi connectivity index (χ1n) is 7.59. The van der Waals surface area contributed by atoms with Crippen LogP contribution in [0.2, 0.25) is 0 Å². The van der Waals surface area contributed by atoms with Crippen LogP contribution in [0.5, 0.6) is 0 Å². The molecule has 1 aliphatic heterocycles. The first kappa shape index (κ1) is 16.1. The van der Waals surface area contributed by atoms with Crippen molar-refractivity contribution in [3.05, 3.63) is 48.0 Å². The van der Waals surface area contributed by atoms with Crippen molar-refractivity contribution in [2.75, 3.05) is 19.7 Å². The summed E-state index contributed by atoms with van der Waals surface area (Å²) in [5.41, 5.74) is 0.0215. The third-order valence-corrected chi connectivity index (χ3v) is 4.44. The predicted octanol–water partition coefficient (Wildman–Crippen LogP) is 0.236. The third kappa shape index (κ3) is 2.88. The second kappa shape index (κ2) is 6.40. The highest BCUT2D eigenvalue weighted by Crippen LogP contribution is 2.31. The summed E-state index contributed by atoms with van der Waals surface area (Å²) in [5, 5.41) is 22.8. The Bertz CT molecular complexity index is 746. The first-order chi connectivity index (χ1) is 11.6. The average molecular weight is 330 g/mol. The topological polar surface area (TPSA) is 109 Å². The quantitative estimate of drug-likeness (QED) is 0.813. The molecule has 0 bridgehead atoms. The van der Waals surface area contributed by atoms with Crippen molar-refractivity contribution in [3.8, 4) is 0 Å². The normalized spacial score (nSPS) is 20.3. The molecule has 8 heteroatoms. The number of hydrogen-bond acceptors (Lipinski definition) is 5. The Balaban J connectivity index is 1.82. The van der Waals surface area contributed by atoms with Gasteiger partial charge in [0.05, 0.1) is 13.2 Å². The number of benzene rings is 1. The van der Waals surface area contributed by atoms with Crippen LogP contribution in [-0.2, 0) is 11.3 Å². The molecule has 2 N–H and O–H groups in total. The van der Waals surface area contributed by atoms with Gasteiger partial charge < -0.3 is 15.1 Å². The second-order valence-corrected chi connectivity index (χ2v) is 5.97. The van der Waals surface area contributed by atoms with Gasteiger partial charge in [-0.05, 0) is 18.1 Å². The highest BCUT2D eigenvalue weighted by atomic mass is 16.4. The van der Waals surface area contributed by atoms with Crippen molar-refractivity contribution in [2.45, 2.75) is 13.0 Å². The summed E-state index contributed by atoms with van der Waals surface area (Å²) in [6, 6.07) is 7.16. The number of aliphatic carboxylic acids is 1. The van der Waals surface area contributed by atoms with Crippen LogP contribution in [0, 0.1) is 5.41 Å². The summed E-state index contributed by atoms with van der Waals surface area (Å²) in [6.07, 6.45) is 3.24. The van der Waals surface area contributed by atoms with E-state index in [1.165, 1.54) is 11.2 Å². The van der Waals surface area contributed by atoms with Gasteiger partial charge in [0.25, 0.3) is 5.91 Å². The molecule has 2 aromatic rings. The second-order valence-electron chi connectivity index (χ2n) is 5.97. The smallest absolute Gasteiger partial charge is 0.313 e. The average Bonchev–Trinajstić information content (AvgIpc) is 3.25. The van der Waals surface area contributed by atoms with Gasteiger partial charge in [-0.25, -0.2) is 9.67 Å². The van der Waals surface area contributed by atoms with Crippen LogP contribution in [0.1, 0.15) is 22.3 Å². The molecule has 126 valence electrons. The highest BCUT2D eigenvalue weighted by Gasteiger charge is 2.46. The Hall–Kier alpha value is -2.74. The number of carbonyl (C=O) groups is 2. The molecule has 1 atom stereocenters. The fourth-order valence-electron chi connectivity index (χ4n) is 2.94. The lowest BCUT2D eigenvalue weighted by Gasteiger charge is -2.23. The largest absolute Gasteiger partial charge is 0.481 e. The van der Waals surface area contributed by atoms with Gasteiger partial charge in [-0.15, -0.1) is 0 Å². The zero-order chi connectivity index (χ0) is 17.2. The number of rotatable bonds is 5. The van der Waals surface area contributed by atoms with E-state index in [1.54, 1.807) is 23.1 Å². The van der Waals surface area contributed by atoms with E-state index in [9.17, 15) is 19.8 Å². The van der Waals surface area contributed by atoms with Gasteiger partial charge in [-0.2, -0.15) is 5.10 Å². The van der Waals surface area contributed by atoms with Crippen LogP contribution < -0.4 is 0 Å². The van der Waals surface area contributed by atoms with E-state index in [1.807, 2.05) is 12.1 Å². The molecule has 0 saturated carbocycles. The Labute approximate surface area is 138 Å². The van der Waals surface area contributed by atoms with Crippen molar-refractivity contribution >= 4 is 11.9 Å². The number of nitrogens with zero attached hydrogens (tertiary/aromatic N) is 4. The van der Waals surface area contributed by atoms with E-state index in [4.69, 9.17) is 0 Å². The molecule has 1 unspecified atom stereocenters. The van der Waals surface area contributed by atoms with Crippen LogP contribution in [-0.4, -0.2) is 61.5 Å². The third-order valence-electron chi connectivity index (χ3n) is 4.44. The van der Waals surface area contributed by atoms with Gasteiger partial charge in [-0.3, -0.25) is 9.59 Å². The minimum atomic E-state index is -1.27. The molecule has 1 aromatic heterocycles. The molecule has 1 amide bonds. The summed E-state index contributed by atoms with van der Waals surface area (Å²) in [5.74, 6) is -1.31. The maximum atomic E-state index is 12.8. The van der Waals surface area contributed by atoms with Gasteiger partial charge in [0.1, 0.15) is 18.1 Å². The van der Waals surface area contributed by atoms with E-state index in [0.717, 1.165) is 5.56 Å². The summed E-state index contributed by atoms with van der Waals surface area (Å²) in [6.45, 7) is 0.241. The Morgan fingerprint density at radius 2 is 2.08 bits per heavy atom. The molecule has 1 fully saturated rings. The number of aliphatic hydroxyl groups is 1.